The first-order valence-corrected chi connectivity index (χ1v) is 7.35. The number of urea groups is 1. The van der Waals surface area contributed by atoms with Crippen molar-refractivity contribution in [2.75, 3.05) is 30.3 Å². The second-order valence-corrected chi connectivity index (χ2v) is 5.11. The number of nitrogens with one attached hydrogen (secondary N) is 2. The van der Waals surface area contributed by atoms with E-state index < -0.39 is 0 Å². The van der Waals surface area contributed by atoms with Crippen molar-refractivity contribution in [1.82, 2.24) is 4.90 Å². The van der Waals surface area contributed by atoms with E-state index in [1.165, 1.54) is 0 Å². The van der Waals surface area contributed by atoms with Gasteiger partial charge in [0.05, 0.1) is 11.4 Å². The monoisotopic (exact) mass is 326 g/mol. The van der Waals surface area contributed by atoms with Gasteiger partial charge in [-0.15, -0.1) is 12.4 Å². The Balaban J connectivity index is 0.00000242. The molecule has 1 saturated heterocycles. The predicted octanol–water partition coefficient (Wildman–Crippen LogP) is 2.41. The summed E-state index contributed by atoms with van der Waals surface area (Å²) in [5, 5.41) is 5.68. The van der Waals surface area contributed by atoms with Crippen LogP contribution in [0, 0.1) is 0 Å². The minimum Gasteiger partial charge on any atom is -0.330 e. The Hall–Kier alpha value is -1.79. The molecule has 0 bridgehead atoms. The van der Waals surface area contributed by atoms with Crippen LogP contribution in [0.25, 0.3) is 0 Å². The molecule has 0 unspecified atom stereocenters. The molecular weight excluding hydrogens is 304 g/mol. The minimum absolute atomic E-state index is 0. The van der Waals surface area contributed by atoms with E-state index in [0.29, 0.717) is 30.8 Å². The number of amides is 3. The topological polar surface area (TPSA) is 87.5 Å². The zero-order valence-electron chi connectivity index (χ0n) is 12.5. The summed E-state index contributed by atoms with van der Waals surface area (Å²) in [6.07, 6.45) is 3.12. The summed E-state index contributed by atoms with van der Waals surface area (Å²) in [5.74, 6) is -0.0941. The van der Waals surface area contributed by atoms with E-state index in [4.69, 9.17) is 5.73 Å². The van der Waals surface area contributed by atoms with Gasteiger partial charge in [0.1, 0.15) is 0 Å². The molecule has 0 atom stereocenters. The zero-order chi connectivity index (χ0) is 15.1. The number of likely N-dealkylation sites (tertiary alicyclic amines) is 1. The third-order valence-corrected chi connectivity index (χ3v) is 3.44. The maximum absolute atomic E-state index is 12.1. The molecule has 122 valence electrons. The number of carbonyl (C=O) groups is 2. The fraction of sp³-hybridized carbons (Fsp3) is 0.467. The van der Waals surface area contributed by atoms with E-state index >= 15 is 0 Å². The Morgan fingerprint density at radius 3 is 2.27 bits per heavy atom. The number of halogens is 1. The molecule has 1 aromatic carbocycles. The molecule has 0 spiro atoms. The standard InChI is InChI=1S/C15H22N4O2.ClH/c16-9-5-8-14(20)17-12-6-1-2-7-13(12)18-15(21)19-10-3-4-11-19;/h1-2,6-7H,3-5,8-11,16H2,(H,17,20)(H,18,21);1H. The van der Waals surface area contributed by atoms with Crippen molar-refractivity contribution in [2.24, 2.45) is 5.73 Å². The van der Waals surface area contributed by atoms with Gasteiger partial charge in [0.25, 0.3) is 0 Å². The van der Waals surface area contributed by atoms with E-state index in [1.54, 1.807) is 17.0 Å². The highest BCUT2D eigenvalue weighted by Crippen LogP contribution is 2.22. The molecule has 0 aromatic heterocycles. The molecule has 1 heterocycles. The van der Waals surface area contributed by atoms with Gasteiger partial charge < -0.3 is 21.3 Å². The number of nitrogens with two attached hydrogens (primary N) is 1. The Morgan fingerprint density at radius 1 is 1.09 bits per heavy atom. The van der Waals surface area contributed by atoms with E-state index in [9.17, 15) is 9.59 Å². The van der Waals surface area contributed by atoms with Crippen LogP contribution in [0.3, 0.4) is 0 Å². The van der Waals surface area contributed by atoms with Gasteiger partial charge in [-0.1, -0.05) is 12.1 Å². The molecule has 1 aliphatic rings. The number of benzene rings is 1. The summed E-state index contributed by atoms with van der Waals surface area (Å²) in [4.78, 5) is 25.7. The molecule has 3 amide bonds. The summed E-state index contributed by atoms with van der Waals surface area (Å²) in [6, 6.07) is 7.10. The number of nitrogens with zero attached hydrogens (tertiary/aromatic N) is 1. The van der Waals surface area contributed by atoms with Crippen LogP contribution in [0.1, 0.15) is 25.7 Å². The zero-order valence-corrected chi connectivity index (χ0v) is 13.3. The van der Waals surface area contributed by atoms with E-state index in [0.717, 1.165) is 25.9 Å². The molecule has 6 nitrogen and oxygen atoms in total. The van der Waals surface area contributed by atoms with Gasteiger partial charge in [0.2, 0.25) is 5.91 Å². The smallest absolute Gasteiger partial charge is 0.321 e. The Morgan fingerprint density at radius 2 is 1.68 bits per heavy atom. The first-order chi connectivity index (χ1) is 10.2. The van der Waals surface area contributed by atoms with Gasteiger partial charge >= 0.3 is 6.03 Å². The van der Waals surface area contributed by atoms with Crippen molar-refractivity contribution < 1.29 is 9.59 Å². The van der Waals surface area contributed by atoms with Gasteiger partial charge in [-0.25, -0.2) is 4.79 Å². The van der Waals surface area contributed by atoms with E-state index in [1.807, 2.05) is 12.1 Å². The molecule has 2 rings (SSSR count). The summed E-state index contributed by atoms with van der Waals surface area (Å²) >= 11 is 0. The molecule has 1 fully saturated rings. The summed E-state index contributed by atoms with van der Waals surface area (Å²) in [6.45, 7) is 2.06. The van der Waals surface area contributed by atoms with Crippen molar-refractivity contribution in [3.63, 3.8) is 0 Å². The maximum Gasteiger partial charge on any atom is 0.321 e. The van der Waals surface area contributed by atoms with E-state index in [-0.39, 0.29) is 24.3 Å². The Bertz CT molecular complexity index is 504. The average molecular weight is 327 g/mol. The minimum atomic E-state index is -0.115. The van der Waals surface area contributed by atoms with Crippen molar-refractivity contribution in [1.29, 1.82) is 0 Å². The highest BCUT2D eigenvalue weighted by atomic mass is 35.5. The van der Waals surface area contributed by atoms with Crippen LogP contribution in [-0.2, 0) is 4.79 Å². The largest absolute Gasteiger partial charge is 0.330 e. The number of para-hydroxylation sites is 2. The van der Waals surface area contributed by atoms with Gasteiger partial charge in [0.15, 0.2) is 0 Å². The number of carbonyl (C=O) groups excluding carboxylic acids is 2. The maximum atomic E-state index is 12.1. The van der Waals surface area contributed by atoms with Crippen molar-refractivity contribution in [3.8, 4) is 0 Å². The molecule has 1 aromatic rings. The summed E-state index contributed by atoms with van der Waals surface area (Å²) in [7, 11) is 0. The number of hydrogen-bond donors (Lipinski definition) is 3. The molecule has 7 heteroatoms. The molecule has 0 aliphatic carbocycles. The second-order valence-electron chi connectivity index (χ2n) is 5.11. The highest BCUT2D eigenvalue weighted by molar-refractivity contribution is 5.99. The Labute approximate surface area is 136 Å². The third kappa shape index (κ3) is 5.20. The first-order valence-electron chi connectivity index (χ1n) is 7.35. The number of rotatable bonds is 5. The SMILES string of the molecule is Cl.NCCCC(=O)Nc1ccccc1NC(=O)N1CCCC1. The Kier molecular flexibility index (Phi) is 7.70. The second kappa shape index (κ2) is 9.27. The van der Waals surface area contributed by atoms with Gasteiger partial charge in [0, 0.05) is 19.5 Å². The molecule has 4 N–H and O–H groups in total. The number of hydrogen-bond acceptors (Lipinski definition) is 3. The average Bonchev–Trinajstić information content (AvgIpc) is 3.01. The lowest BCUT2D eigenvalue weighted by Gasteiger charge is -2.18. The van der Waals surface area contributed by atoms with Crippen molar-refractivity contribution in [3.05, 3.63) is 24.3 Å². The van der Waals surface area contributed by atoms with Crippen LogP contribution in [0.15, 0.2) is 24.3 Å². The lowest BCUT2D eigenvalue weighted by Crippen LogP contribution is -2.32. The number of anilines is 2. The fourth-order valence-electron chi connectivity index (χ4n) is 2.29. The van der Waals surface area contributed by atoms with Gasteiger partial charge in [-0.05, 0) is 37.9 Å². The lowest BCUT2D eigenvalue weighted by molar-refractivity contribution is -0.116. The van der Waals surface area contributed by atoms with E-state index in [2.05, 4.69) is 10.6 Å². The molecule has 0 saturated carbocycles. The third-order valence-electron chi connectivity index (χ3n) is 3.44. The predicted molar refractivity (Wildman–Crippen MR) is 90.4 cm³/mol. The van der Waals surface area contributed by atoms with Crippen LogP contribution in [0.2, 0.25) is 0 Å². The van der Waals surface area contributed by atoms with Crippen LogP contribution < -0.4 is 16.4 Å². The molecule has 1 aliphatic heterocycles. The van der Waals surface area contributed by atoms with Crippen LogP contribution >= 0.6 is 12.4 Å². The lowest BCUT2D eigenvalue weighted by atomic mass is 10.2. The molecular formula is C15H23ClN4O2. The first kappa shape index (κ1) is 18.3. The van der Waals surface area contributed by atoms with Gasteiger partial charge in [-0.2, -0.15) is 0 Å². The van der Waals surface area contributed by atoms with Crippen LogP contribution in [-0.4, -0.2) is 36.5 Å². The normalized spacial score (nSPS) is 13.4. The molecule has 0 radical (unpaired) electrons. The van der Waals surface area contributed by atoms with Crippen LogP contribution in [0.4, 0.5) is 16.2 Å². The summed E-state index contributed by atoms with van der Waals surface area (Å²) < 4.78 is 0. The highest BCUT2D eigenvalue weighted by Gasteiger charge is 2.18. The van der Waals surface area contributed by atoms with Crippen LogP contribution in [0.5, 0.6) is 0 Å². The van der Waals surface area contributed by atoms with Gasteiger partial charge in [-0.3, -0.25) is 4.79 Å². The van der Waals surface area contributed by atoms with Crippen molar-refractivity contribution >= 4 is 35.7 Å². The summed E-state index contributed by atoms with van der Waals surface area (Å²) in [5.41, 5.74) is 6.63. The molecule has 22 heavy (non-hydrogen) atoms. The fourth-order valence-corrected chi connectivity index (χ4v) is 2.29. The quantitative estimate of drug-likeness (QED) is 0.776. The van der Waals surface area contributed by atoms with Crippen molar-refractivity contribution in [2.45, 2.75) is 25.7 Å².